The van der Waals surface area contributed by atoms with Gasteiger partial charge in [-0.3, -0.25) is 4.79 Å². The Morgan fingerprint density at radius 1 is 1.16 bits per heavy atom. The molecule has 2 aromatic carbocycles. The standard InChI is InChI=1S/C23H21Cl2N3OS2/c1-27(2)23(29)17-8-7-16(13-19(17)25)22-26-14-21(30-22)15-9-11-28(12-10-15)31-20-6-4-3-5-18(20)24/h3-9,13-14H,10-12H2,1-2H3. The van der Waals surface area contributed by atoms with E-state index in [1.54, 1.807) is 43.4 Å². The molecule has 0 aliphatic carbocycles. The number of amides is 1. The third-order valence-corrected chi connectivity index (χ3v) is 7.93. The first-order valence-electron chi connectivity index (χ1n) is 9.76. The molecule has 0 bridgehead atoms. The molecule has 1 aromatic heterocycles. The van der Waals surface area contributed by atoms with E-state index in [1.165, 1.54) is 15.4 Å². The number of thiazole rings is 1. The highest BCUT2D eigenvalue weighted by molar-refractivity contribution is 7.97. The quantitative estimate of drug-likeness (QED) is 0.377. The van der Waals surface area contributed by atoms with Crippen molar-refractivity contribution in [3.8, 4) is 10.6 Å². The number of carbonyl (C=O) groups is 1. The monoisotopic (exact) mass is 489 g/mol. The third kappa shape index (κ3) is 5.16. The molecule has 0 N–H and O–H groups in total. The Balaban J connectivity index is 1.46. The third-order valence-electron chi connectivity index (χ3n) is 4.91. The van der Waals surface area contributed by atoms with Crippen LogP contribution < -0.4 is 0 Å². The highest BCUT2D eigenvalue weighted by Gasteiger charge is 2.18. The van der Waals surface area contributed by atoms with Crippen LogP contribution in [0.1, 0.15) is 21.7 Å². The van der Waals surface area contributed by atoms with Gasteiger partial charge in [-0.1, -0.05) is 47.5 Å². The minimum Gasteiger partial charge on any atom is -0.345 e. The largest absolute Gasteiger partial charge is 0.345 e. The first kappa shape index (κ1) is 22.4. The number of nitrogens with zero attached hydrogens (tertiary/aromatic N) is 3. The summed E-state index contributed by atoms with van der Waals surface area (Å²) in [6, 6.07) is 13.4. The minimum atomic E-state index is -0.108. The predicted octanol–water partition coefficient (Wildman–Crippen LogP) is 6.62. The van der Waals surface area contributed by atoms with Crippen molar-refractivity contribution in [3.05, 3.63) is 75.2 Å². The first-order valence-corrected chi connectivity index (χ1v) is 12.1. The number of hydrogen-bond donors (Lipinski definition) is 0. The van der Waals surface area contributed by atoms with E-state index in [4.69, 9.17) is 23.2 Å². The van der Waals surface area contributed by atoms with E-state index >= 15 is 0 Å². The van der Waals surface area contributed by atoms with Gasteiger partial charge < -0.3 is 4.90 Å². The van der Waals surface area contributed by atoms with E-state index in [0.29, 0.717) is 10.6 Å². The molecule has 0 spiro atoms. The average Bonchev–Trinajstić information content (AvgIpc) is 3.25. The molecule has 4 nitrogen and oxygen atoms in total. The lowest BCUT2D eigenvalue weighted by molar-refractivity contribution is 0.0828. The molecule has 0 saturated carbocycles. The second-order valence-corrected chi connectivity index (χ2v) is 10.3. The number of carbonyl (C=O) groups excluding carboxylic acids is 1. The molecule has 3 aromatic rings. The molecule has 1 aliphatic rings. The summed E-state index contributed by atoms with van der Waals surface area (Å²) in [7, 11) is 3.43. The van der Waals surface area contributed by atoms with Crippen LogP contribution in [0.15, 0.2) is 59.6 Å². The Bertz CT molecular complexity index is 1140. The second kappa shape index (κ2) is 9.76. The van der Waals surface area contributed by atoms with E-state index in [9.17, 15) is 4.79 Å². The van der Waals surface area contributed by atoms with Crippen LogP contribution in [-0.4, -0.2) is 47.3 Å². The van der Waals surface area contributed by atoms with Gasteiger partial charge in [-0.2, -0.15) is 0 Å². The van der Waals surface area contributed by atoms with Crippen LogP contribution in [-0.2, 0) is 0 Å². The predicted molar refractivity (Wildman–Crippen MR) is 132 cm³/mol. The van der Waals surface area contributed by atoms with E-state index in [0.717, 1.165) is 40.0 Å². The molecule has 31 heavy (non-hydrogen) atoms. The zero-order valence-corrected chi connectivity index (χ0v) is 20.3. The van der Waals surface area contributed by atoms with Crippen molar-refractivity contribution in [1.29, 1.82) is 0 Å². The highest BCUT2D eigenvalue weighted by atomic mass is 35.5. The van der Waals surface area contributed by atoms with Crippen molar-refractivity contribution in [3.63, 3.8) is 0 Å². The van der Waals surface area contributed by atoms with Gasteiger partial charge in [-0.25, -0.2) is 9.29 Å². The van der Waals surface area contributed by atoms with Crippen LogP contribution in [0.4, 0.5) is 0 Å². The molecule has 1 amide bonds. The van der Waals surface area contributed by atoms with Crippen molar-refractivity contribution in [2.45, 2.75) is 11.3 Å². The lowest BCUT2D eigenvalue weighted by atomic mass is 10.1. The Morgan fingerprint density at radius 2 is 1.97 bits per heavy atom. The Kier molecular flexibility index (Phi) is 7.04. The van der Waals surface area contributed by atoms with Crippen molar-refractivity contribution < 1.29 is 4.79 Å². The summed E-state index contributed by atoms with van der Waals surface area (Å²) in [4.78, 5) is 20.6. The summed E-state index contributed by atoms with van der Waals surface area (Å²) in [6.45, 7) is 1.80. The van der Waals surface area contributed by atoms with Gasteiger partial charge >= 0.3 is 0 Å². The van der Waals surface area contributed by atoms with Crippen LogP contribution in [0.25, 0.3) is 16.1 Å². The number of hydrogen-bond acceptors (Lipinski definition) is 5. The SMILES string of the molecule is CN(C)C(=O)c1ccc(-c2ncc(C3=CCN(Sc4ccccc4Cl)CC3)s2)cc1Cl. The van der Waals surface area contributed by atoms with Gasteiger partial charge in [0.15, 0.2) is 0 Å². The molecule has 0 atom stereocenters. The van der Waals surface area contributed by atoms with Crippen LogP contribution in [0.3, 0.4) is 0 Å². The van der Waals surface area contributed by atoms with Crippen molar-refractivity contribution in [2.24, 2.45) is 0 Å². The number of rotatable bonds is 5. The maximum atomic E-state index is 12.2. The molecule has 0 saturated heterocycles. The average molecular weight is 490 g/mol. The summed E-state index contributed by atoms with van der Waals surface area (Å²) in [6.07, 6.45) is 5.14. The van der Waals surface area contributed by atoms with Gasteiger partial charge in [0.05, 0.1) is 20.5 Å². The van der Waals surface area contributed by atoms with Crippen LogP contribution in [0, 0.1) is 0 Å². The maximum absolute atomic E-state index is 12.2. The molecule has 4 rings (SSSR count). The smallest absolute Gasteiger partial charge is 0.254 e. The summed E-state index contributed by atoms with van der Waals surface area (Å²) in [5.74, 6) is -0.108. The van der Waals surface area contributed by atoms with Crippen molar-refractivity contribution in [2.75, 3.05) is 27.2 Å². The number of halogens is 2. The fourth-order valence-electron chi connectivity index (χ4n) is 3.23. The molecule has 1 aliphatic heterocycles. The molecular formula is C23H21Cl2N3OS2. The highest BCUT2D eigenvalue weighted by Crippen LogP contribution is 2.36. The van der Waals surface area contributed by atoms with E-state index in [-0.39, 0.29) is 5.91 Å². The van der Waals surface area contributed by atoms with Gasteiger partial charge in [0.2, 0.25) is 0 Å². The minimum absolute atomic E-state index is 0.108. The fourth-order valence-corrected chi connectivity index (χ4v) is 5.62. The Hall–Kier alpha value is -1.83. The molecule has 0 radical (unpaired) electrons. The molecule has 160 valence electrons. The van der Waals surface area contributed by atoms with Crippen LogP contribution in [0.5, 0.6) is 0 Å². The first-order chi connectivity index (χ1) is 14.9. The second-order valence-electron chi connectivity index (χ2n) is 7.31. The van der Waals surface area contributed by atoms with Gasteiger partial charge in [0.1, 0.15) is 5.01 Å². The zero-order chi connectivity index (χ0) is 22.0. The fraction of sp³-hybridized carbons (Fsp3) is 0.217. The topological polar surface area (TPSA) is 36.4 Å². The molecular weight excluding hydrogens is 469 g/mol. The number of benzene rings is 2. The summed E-state index contributed by atoms with van der Waals surface area (Å²) in [5, 5.41) is 2.12. The molecule has 2 heterocycles. The van der Waals surface area contributed by atoms with E-state index in [1.807, 2.05) is 42.6 Å². The summed E-state index contributed by atoms with van der Waals surface area (Å²) >= 11 is 16.0. The van der Waals surface area contributed by atoms with Crippen LogP contribution >= 0.6 is 46.5 Å². The van der Waals surface area contributed by atoms with Gasteiger partial charge in [0, 0.05) is 43.8 Å². The zero-order valence-electron chi connectivity index (χ0n) is 17.1. The van der Waals surface area contributed by atoms with Crippen LogP contribution in [0.2, 0.25) is 10.0 Å². The summed E-state index contributed by atoms with van der Waals surface area (Å²) < 4.78 is 2.31. The molecule has 8 heteroatoms. The normalized spacial score (nSPS) is 14.4. The molecule has 0 fully saturated rings. The number of aromatic nitrogens is 1. The summed E-state index contributed by atoms with van der Waals surface area (Å²) in [5.41, 5.74) is 2.73. The van der Waals surface area contributed by atoms with Crippen molar-refractivity contribution in [1.82, 2.24) is 14.2 Å². The lowest BCUT2D eigenvalue weighted by Gasteiger charge is -2.25. The van der Waals surface area contributed by atoms with Gasteiger partial charge in [0.25, 0.3) is 5.91 Å². The van der Waals surface area contributed by atoms with Gasteiger partial charge in [-0.05, 0) is 48.2 Å². The van der Waals surface area contributed by atoms with Crippen molar-refractivity contribution >= 4 is 58.0 Å². The van der Waals surface area contributed by atoms with Gasteiger partial charge in [-0.15, -0.1) is 11.3 Å². The Morgan fingerprint density at radius 3 is 2.65 bits per heavy atom. The van der Waals surface area contributed by atoms with E-state index < -0.39 is 0 Å². The Labute approximate surface area is 200 Å². The lowest BCUT2D eigenvalue weighted by Crippen LogP contribution is -2.21. The van der Waals surface area contributed by atoms with E-state index in [2.05, 4.69) is 15.4 Å². The molecule has 0 unspecified atom stereocenters. The maximum Gasteiger partial charge on any atom is 0.254 e.